The van der Waals surface area contributed by atoms with E-state index in [-0.39, 0.29) is 12.2 Å². The number of carboxylic acids is 1. The molecule has 0 saturated heterocycles. The summed E-state index contributed by atoms with van der Waals surface area (Å²) in [7, 11) is 0. The third-order valence-electron chi connectivity index (χ3n) is 10.7. The van der Waals surface area contributed by atoms with E-state index < -0.39 is 5.97 Å². The number of fused-ring (bicyclic) bond motifs is 5. The lowest BCUT2D eigenvalue weighted by molar-refractivity contribution is -0.174. The Kier molecular flexibility index (Phi) is 6.31. The van der Waals surface area contributed by atoms with Crippen molar-refractivity contribution in [1.82, 2.24) is 0 Å². The van der Waals surface area contributed by atoms with Crippen LogP contribution in [0.3, 0.4) is 0 Å². The molecular formula is C26H44O4. The molecule has 0 bridgehead atoms. The molecule has 172 valence electrons. The van der Waals surface area contributed by atoms with Gasteiger partial charge in [-0.3, -0.25) is 4.79 Å². The Bertz CT molecular complexity index is 635. The van der Waals surface area contributed by atoms with Gasteiger partial charge in [-0.05, 0) is 104 Å². The minimum absolute atomic E-state index is 0.168. The maximum Gasteiger partial charge on any atom is 0.303 e. The van der Waals surface area contributed by atoms with Gasteiger partial charge >= 0.3 is 5.97 Å². The summed E-state index contributed by atoms with van der Waals surface area (Å²) in [4.78, 5) is 10.8. The summed E-state index contributed by atoms with van der Waals surface area (Å²) in [6, 6.07) is 0. The van der Waals surface area contributed by atoms with Gasteiger partial charge in [-0.25, -0.2) is 0 Å². The minimum atomic E-state index is -0.679. The van der Waals surface area contributed by atoms with E-state index >= 15 is 0 Å². The van der Waals surface area contributed by atoms with Crippen molar-refractivity contribution in [2.45, 2.75) is 110 Å². The van der Waals surface area contributed by atoms with Crippen LogP contribution in [-0.2, 0) is 4.79 Å². The summed E-state index contributed by atoms with van der Waals surface area (Å²) in [5.74, 6) is 2.82. The normalized spacial score (nSPS) is 49.0. The number of rotatable bonds is 6. The van der Waals surface area contributed by atoms with Gasteiger partial charge in [-0.2, -0.15) is 0 Å². The van der Waals surface area contributed by atoms with Crippen LogP contribution < -0.4 is 0 Å². The summed E-state index contributed by atoms with van der Waals surface area (Å²) in [6.45, 7) is 7.39. The van der Waals surface area contributed by atoms with Gasteiger partial charge in [0.15, 0.2) is 0 Å². The molecule has 4 heteroatoms. The zero-order valence-corrected chi connectivity index (χ0v) is 19.4. The molecule has 0 radical (unpaired) electrons. The predicted molar refractivity (Wildman–Crippen MR) is 118 cm³/mol. The molecule has 4 aliphatic carbocycles. The topological polar surface area (TPSA) is 77.8 Å². The van der Waals surface area contributed by atoms with E-state index in [1.165, 1.54) is 25.7 Å². The number of unbranched alkanes of at least 4 members (excludes halogenated alkanes) is 1. The average molecular weight is 421 g/mol. The number of hydrogen-bond acceptors (Lipinski definition) is 3. The van der Waals surface area contributed by atoms with Crippen molar-refractivity contribution in [3.8, 4) is 0 Å². The smallest absolute Gasteiger partial charge is 0.303 e. The van der Waals surface area contributed by atoms with Crippen LogP contribution in [0.4, 0.5) is 0 Å². The summed E-state index contributed by atoms with van der Waals surface area (Å²) in [5.41, 5.74) is 0.622. The van der Waals surface area contributed by atoms with E-state index in [1.54, 1.807) is 0 Å². The first-order valence-corrected chi connectivity index (χ1v) is 12.7. The van der Waals surface area contributed by atoms with Gasteiger partial charge in [0, 0.05) is 6.42 Å². The van der Waals surface area contributed by atoms with Crippen LogP contribution >= 0.6 is 0 Å². The van der Waals surface area contributed by atoms with Gasteiger partial charge in [0.25, 0.3) is 0 Å². The molecule has 3 N–H and O–H groups in total. The lowest BCUT2D eigenvalue weighted by atomic mass is 9.43. The molecule has 0 amide bonds. The SMILES string of the molecule is CC(CCCCC(=O)O)[C@H]1CC[C@H]2[C@@H]3[C@@H](O)C[C@@H]4C[C@@H](O)CC[C@]4(C)[C@H]3CC[C@]12C. The minimum Gasteiger partial charge on any atom is -0.481 e. The summed E-state index contributed by atoms with van der Waals surface area (Å²) in [5, 5.41) is 30.5. The number of hydrogen-bond donors (Lipinski definition) is 3. The van der Waals surface area contributed by atoms with Crippen LogP contribution in [0.2, 0.25) is 0 Å². The van der Waals surface area contributed by atoms with Gasteiger partial charge < -0.3 is 15.3 Å². The van der Waals surface area contributed by atoms with Gasteiger partial charge in [-0.15, -0.1) is 0 Å². The molecule has 1 unspecified atom stereocenters. The molecule has 0 aromatic rings. The first-order chi connectivity index (χ1) is 14.2. The Balaban J connectivity index is 1.47. The third kappa shape index (κ3) is 3.74. The first kappa shape index (κ1) is 22.6. The highest BCUT2D eigenvalue weighted by Gasteiger charge is 2.62. The molecule has 4 saturated carbocycles. The molecule has 0 spiro atoms. The van der Waals surface area contributed by atoms with Crippen molar-refractivity contribution in [1.29, 1.82) is 0 Å². The van der Waals surface area contributed by atoms with Gasteiger partial charge in [0.1, 0.15) is 0 Å². The second kappa shape index (κ2) is 8.39. The fourth-order valence-electron chi connectivity index (χ4n) is 9.12. The number of aliphatic carboxylic acids is 1. The summed E-state index contributed by atoms with van der Waals surface area (Å²) in [6.07, 6.45) is 11.7. The molecule has 0 aromatic heterocycles. The fraction of sp³-hybridized carbons (Fsp3) is 0.962. The van der Waals surface area contributed by atoms with Crippen molar-refractivity contribution < 1.29 is 20.1 Å². The lowest BCUT2D eigenvalue weighted by Crippen LogP contribution is -2.58. The van der Waals surface area contributed by atoms with Crippen molar-refractivity contribution in [2.24, 2.45) is 46.3 Å². The van der Waals surface area contributed by atoms with Crippen LogP contribution in [-0.4, -0.2) is 33.5 Å². The van der Waals surface area contributed by atoms with Crippen LogP contribution in [0.25, 0.3) is 0 Å². The van der Waals surface area contributed by atoms with Gasteiger partial charge in [0.2, 0.25) is 0 Å². The van der Waals surface area contributed by atoms with Crippen LogP contribution in [0.15, 0.2) is 0 Å². The molecule has 10 atom stereocenters. The van der Waals surface area contributed by atoms with Crippen molar-refractivity contribution in [2.75, 3.05) is 0 Å². The Hall–Kier alpha value is -0.610. The molecule has 4 rings (SSSR count). The molecule has 30 heavy (non-hydrogen) atoms. The van der Waals surface area contributed by atoms with E-state index in [0.29, 0.717) is 52.8 Å². The monoisotopic (exact) mass is 420 g/mol. The molecule has 0 aromatic carbocycles. The zero-order chi connectivity index (χ0) is 21.7. The van der Waals surface area contributed by atoms with E-state index in [9.17, 15) is 15.0 Å². The molecular weight excluding hydrogens is 376 g/mol. The maximum atomic E-state index is 11.3. The number of aliphatic hydroxyl groups is 2. The largest absolute Gasteiger partial charge is 0.481 e. The molecule has 4 fully saturated rings. The third-order valence-corrected chi connectivity index (χ3v) is 10.7. The highest BCUT2D eigenvalue weighted by atomic mass is 16.4. The second-order valence-electron chi connectivity index (χ2n) is 12.1. The Morgan fingerprint density at radius 2 is 1.67 bits per heavy atom. The molecule has 0 heterocycles. The molecule has 0 aliphatic heterocycles. The second-order valence-corrected chi connectivity index (χ2v) is 12.1. The van der Waals surface area contributed by atoms with Crippen LogP contribution in [0.1, 0.15) is 97.8 Å². The van der Waals surface area contributed by atoms with E-state index in [0.717, 1.165) is 44.9 Å². The van der Waals surface area contributed by atoms with Crippen molar-refractivity contribution in [3.63, 3.8) is 0 Å². The number of carbonyl (C=O) groups is 1. The number of aliphatic hydroxyl groups excluding tert-OH is 2. The van der Waals surface area contributed by atoms with Crippen LogP contribution in [0, 0.1) is 46.3 Å². The average Bonchev–Trinajstić information content (AvgIpc) is 3.03. The maximum absolute atomic E-state index is 11.3. The zero-order valence-electron chi connectivity index (χ0n) is 19.4. The van der Waals surface area contributed by atoms with Crippen molar-refractivity contribution in [3.05, 3.63) is 0 Å². The predicted octanol–water partition coefficient (Wildman–Crippen LogP) is 5.26. The standard InChI is InChI=1S/C26H44O4/c1-16(6-4-5-7-23(29)30)19-8-9-20-24-21(11-13-26(19,20)3)25(2)12-10-18(27)14-17(25)15-22(24)28/h16-22,24,27-28H,4-15H2,1-3H3,(H,29,30)/t16?,17-,18-,19+,20-,21-,22-,24-,25-,26+/m0/s1. The van der Waals surface area contributed by atoms with E-state index in [1.807, 2.05) is 0 Å². The lowest BCUT2D eigenvalue weighted by Gasteiger charge is -2.62. The molecule has 4 aliphatic rings. The highest BCUT2D eigenvalue weighted by molar-refractivity contribution is 5.66. The van der Waals surface area contributed by atoms with Gasteiger partial charge in [0.05, 0.1) is 12.2 Å². The Morgan fingerprint density at radius 1 is 0.967 bits per heavy atom. The fourth-order valence-corrected chi connectivity index (χ4v) is 9.12. The number of carboxylic acid groups (broad SMARTS) is 1. The highest BCUT2D eigenvalue weighted by Crippen LogP contribution is 2.68. The van der Waals surface area contributed by atoms with E-state index in [2.05, 4.69) is 20.8 Å². The Labute approximate surface area is 182 Å². The first-order valence-electron chi connectivity index (χ1n) is 12.7. The molecule has 4 nitrogen and oxygen atoms in total. The summed E-state index contributed by atoms with van der Waals surface area (Å²) < 4.78 is 0. The van der Waals surface area contributed by atoms with Crippen molar-refractivity contribution >= 4 is 5.97 Å². The Morgan fingerprint density at radius 3 is 2.40 bits per heavy atom. The van der Waals surface area contributed by atoms with Crippen LogP contribution in [0.5, 0.6) is 0 Å². The van der Waals surface area contributed by atoms with Gasteiger partial charge in [-0.1, -0.05) is 33.6 Å². The quantitative estimate of drug-likeness (QED) is 0.512. The van der Waals surface area contributed by atoms with E-state index in [4.69, 9.17) is 5.11 Å². The summed E-state index contributed by atoms with van der Waals surface area (Å²) >= 11 is 0.